The summed E-state index contributed by atoms with van der Waals surface area (Å²) in [6, 6.07) is 13.8. The summed E-state index contributed by atoms with van der Waals surface area (Å²) < 4.78 is 1.09. The first kappa shape index (κ1) is 13.2. The second-order valence-corrected chi connectivity index (χ2v) is 6.13. The third-order valence-corrected chi connectivity index (χ3v) is 4.32. The number of nitrogens with one attached hydrogen (secondary N) is 1. The van der Waals surface area contributed by atoms with Crippen molar-refractivity contribution in [3.05, 3.63) is 53.1 Å². The molecule has 0 fully saturated rings. The summed E-state index contributed by atoms with van der Waals surface area (Å²) in [6.07, 6.45) is 0. The number of halogens is 1. The second kappa shape index (κ2) is 5.31. The lowest BCUT2D eigenvalue weighted by molar-refractivity contribution is 0.883. The van der Waals surface area contributed by atoms with E-state index in [2.05, 4.69) is 17.2 Å². The molecule has 0 spiro atoms. The Labute approximate surface area is 126 Å². The molecule has 0 saturated carbocycles. The largest absolute Gasteiger partial charge is 0.399 e. The highest BCUT2D eigenvalue weighted by molar-refractivity contribution is 7.22. The molecular weight excluding hydrogens is 290 g/mol. The van der Waals surface area contributed by atoms with Gasteiger partial charge in [-0.05, 0) is 42.8 Å². The number of nitrogens with two attached hydrogens (primary N) is 1. The van der Waals surface area contributed by atoms with Gasteiger partial charge in [-0.25, -0.2) is 4.98 Å². The summed E-state index contributed by atoms with van der Waals surface area (Å²) in [5.74, 6) is 0. The number of fused-ring (bicyclic) bond motifs is 1. The fraction of sp³-hybridized carbons (Fsp3) is 0.133. The van der Waals surface area contributed by atoms with E-state index < -0.39 is 0 Å². The third-order valence-electron chi connectivity index (χ3n) is 3.12. The fourth-order valence-electron chi connectivity index (χ4n) is 2.02. The minimum atomic E-state index is 0.171. The van der Waals surface area contributed by atoms with Gasteiger partial charge in [0.1, 0.15) is 0 Å². The van der Waals surface area contributed by atoms with Crippen LogP contribution < -0.4 is 11.1 Å². The van der Waals surface area contributed by atoms with Crippen LogP contribution in [0.2, 0.25) is 5.02 Å². The van der Waals surface area contributed by atoms with Crippen LogP contribution in [0.5, 0.6) is 0 Å². The molecule has 3 nitrogen and oxygen atoms in total. The monoisotopic (exact) mass is 303 g/mol. The average Bonchev–Trinajstić information content (AvgIpc) is 2.80. The van der Waals surface area contributed by atoms with E-state index in [9.17, 15) is 0 Å². The molecule has 1 aromatic heterocycles. The van der Waals surface area contributed by atoms with Crippen molar-refractivity contribution < 1.29 is 0 Å². The van der Waals surface area contributed by atoms with E-state index in [4.69, 9.17) is 17.3 Å². The normalized spacial score (nSPS) is 12.5. The van der Waals surface area contributed by atoms with Gasteiger partial charge in [-0.1, -0.05) is 35.1 Å². The number of hydrogen-bond donors (Lipinski definition) is 2. The lowest BCUT2D eigenvalue weighted by Crippen LogP contribution is -2.05. The number of anilines is 2. The van der Waals surface area contributed by atoms with Crippen molar-refractivity contribution in [1.29, 1.82) is 0 Å². The zero-order chi connectivity index (χ0) is 14.1. The van der Waals surface area contributed by atoms with Gasteiger partial charge in [0.2, 0.25) is 0 Å². The van der Waals surface area contributed by atoms with Crippen LogP contribution in [0.25, 0.3) is 10.2 Å². The molecule has 0 saturated heterocycles. The van der Waals surface area contributed by atoms with Crippen molar-refractivity contribution in [3.8, 4) is 0 Å². The van der Waals surface area contributed by atoms with Gasteiger partial charge in [-0.2, -0.15) is 0 Å². The lowest BCUT2D eigenvalue weighted by atomic mass is 10.1. The standard InChI is InChI=1S/C15H14ClN3S/c1-9(10-2-4-11(16)5-3-10)18-15-19-13-7-6-12(17)8-14(13)20-15/h2-9H,17H2,1H3,(H,18,19). The maximum Gasteiger partial charge on any atom is 0.184 e. The average molecular weight is 304 g/mol. The molecule has 5 heteroatoms. The molecule has 3 N–H and O–H groups in total. The molecule has 0 aliphatic heterocycles. The maximum absolute atomic E-state index is 5.90. The SMILES string of the molecule is CC(Nc1nc2ccc(N)cc2s1)c1ccc(Cl)cc1. The van der Waals surface area contributed by atoms with Gasteiger partial charge in [0.15, 0.2) is 5.13 Å². The molecule has 20 heavy (non-hydrogen) atoms. The highest BCUT2D eigenvalue weighted by Crippen LogP contribution is 2.30. The molecule has 102 valence electrons. The van der Waals surface area contributed by atoms with Crippen molar-refractivity contribution in [3.63, 3.8) is 0 Å². The van der Waals surface area contributed by atoms with Crippen molar-refractivity contribution in [2.24, 2.45) is 0 Å². The van der Waals surface area contributed by atoms with Crippen LogP contribution in [-0.4, -0.2) is 4.98 Å². The Morgan fingerprint density at radius 3 is 2.70 bits per heavy atom. The van der Waals surface area contributed by atoms with E-state index in [0.29, 0.717) is 0 Å². The van der Waals surface area contributed by atoms with Crippen LogP contribution >= 0.6 is 22.9 Å². The zero-order valence-electron chi connectivity index (χ0n) is 10.9. The van der Waals surface area contributed by atoms with E-state index >= 15 is 0 Å². The summed E-state index contributed by atoms with van der Waals surface area (Å²) in [6.45, 7) is 2.10. The molecule has 1 unspecified atom stereocenters. The van der Waals surface area contributed by atoms with Crippen molar-refractivity contribution >= 4 is 44.0 Å². The van der Waals surface area contributed by atoms with Crippen LogP contribution in [0.1, 0.15) is 18.5 Å². The lowest BCUT2D eigenvalue weighted by Gasteiger charge is -2.13. The summed E-state index contributed by atoms with van der Waals surface area (Å²) in [7, 11) is 0. The zero-order valence-corrected chi connectivity index (χ0v) is 12.5. The summed E-state index contributed by atoms with van der Waals surface area (Å²) in [5, 5.41) is 5.05. The van der Waals surface area contributed by atoms with E-state index in [1.165, 1.54) is 5.56 Å². The Bertz CT molecular complexity index is 736. The van der Waals surface area contributed by atoms with E-state index in [1.54, 1.807) is 11.3 Å². The Morgan fingerprint density at radius 2 is 1.95 bits per heavy atom. The van der Waals surface area contributed by atoms with Gasteiger partial charge in [0.05, 0.1) is 16.3 Å². The number of rotatable bonds is 3. The van der Waals surface area contributed by atoms with Crippen molar-refractivity contribution in [2.45, 2.75) is 13.0 Å². The molecule has 3 rings (SSSR count). The molecule has 2 aromatic carbocycles. The molecular formula is C15H14ClN3S. The van der Waals surface area contributed by atoms with Crippen LogP contribution in [0.4, 0.5) is 10.8 Å². The number of benzene rings is 2. The number of thiazole rings is 1. The predicted molar refractivity (Wildman–Crippen MR) is 87.5 cm³/mol. The molecule has 0 radical (unpaired) electrons. The van der Waals surface area contributed by atoms with Crippen molar-refractivity contribution in [2.75, 3.05) is 11.1 Å². The first-order valence-electron chi connectivity index (χ1n) is 6.30. The topological polar surface area (TPSA) is 50.9 Å². The van der Waals surface area contributed by atoms with Gasteiger partial charge in [-0.3, -0.25) is 0 Å². The molecule has 1 heterocycles. The van der Waals surface area contributed by atoms with E-state index in [1.807, 2.05) is 42.5 Å². The van der Waals surface area contributed by atoms with Gasteiger partial charge >= 0.3 is 0 Å². The Morgan fingerprint density at radius 1 is 1.20 bits per heavy atom. The van der Waals surface area contributed by atoms with Gasteiger partial charge in [-0.15, -0.1) is 0 Å². The molecule has 0 bridgehead atoms. The molecule has 0 aliphatic rings. The number of hydrogen-bond acceptors (Lipinski definition) is 4. The first-order chi connectivity index (χ1) is 9.61. The van der Waals surface area contributed by atoms with Gasteiger partial charge < -0.3 is 11.1 Å². The fourth-order valence-corrected chi connectivity index (χ4v) is 3.15. The van der Waals surface area contributed by atoms with Gasteiger partial charge in [0, 0.05) is 10.7 Å². The Hall–Kier alpha value is -1.78. The Kier molecular flexibility index (Phi) is 3.51. The van der Waals surface area contributed by atoms with Crippen LogP contribution in [0.15, 0.2) is 42.5 Å². The van der Waals surface area contributed by atoms with Crippen molar-refractivity contribution in [1.82, 2.24) is 4.98 Å². The number of nitrogen functional groups attached to an aromatic ring is 1. The summed E-state index contributed by atoms with van der Waals surface area (Å²) >= 11 is 7.51. The summed E-state index contributed by atoms with van der Waals surface area (Å²) in [5.41, 5.74) is 8.69. The van der Waals surface area contributed by atoms with Crippen LogP contribution in [-0.2, 0) is 0 Å². The Balaban J connectivity index is 1.83. The van der Waals surface area contributed by atoms with E-state index in [0.717, 1.165) is 26.1 Å². The smallest absolute Gasteiger partial charge is 0.184 e. The highest BCUT2D eigenvalue weighted by atomic mass is 35.5. The molecule has 3 aromatic rings. The van der Waals surface area contributed by atoms with Crippen LogP contribution in [0.3, 0.4) is 0 Å². The number of aromatic nitrogens is 1. The minimum Gasteiger partial charge on any atom is -0.399 e. The first-order valence-corrected chi connectivity index (χ1v) is 7.49. The molecule has 1 atom stereocenters. The second-order valence-electron chi connectivity index (χ2n) is 4.66. The minimum absolute atomic E-state index is 0.171. The predicted octanol–water partition coefficient (Wildman–Crippen LogP) is 4.71. The van der Waals surface area contributed by atoms with E-state index in [-0.39, 0.29) is 6.04 Å². The summed E-state index contributed by atoms with van der Waals surface area (Å²) in [4.78, 5) is 4.56. The molecule has 0 amide bonds. The molecule has 0 aliphatic carbocycles. The van der Waals surface area contributed by atoms with Gasteiger partial charge in [0.25, 0.3) is 0 Å². The quantitative estimate of drug-likeness (QED) is 0.689. The highest BCUT2D eigenvalue weighted by Gasteiger charge is 2.09. The number of nitrogens with zero attached hydrogens (tertiary/aromatic N) is 1. The third kappa shape index (κ3) is 2.71. The maximum atomic E-state index is 5.90. The van der Waals surface area contributed by atoms with Crippen LogP contribution in [0, 0.1) is 0 Å².